The first-order chi connectivity index (χ1) is 12.8. The van der Waals surface area contributed by atoms with Gasteiger partial charge in [-0.15, -0.1) is 0 Å². The van der Waals surface area contributed by atoms with Gasteiger partial charge < -0.3 is 4.74 Å². The molecule has 0 aromatic heterocycles. The number of rotatable bonds is 6. The van der Waals surface area contributed by atoms with Gasteiger partial charge in [0.15, 0.2) is 0 Å². The molecule has 2 aromatic carbocycles. The lowest BCUT2D eigenvalue weighted by molar-refractivity contribution is 0.414. The van der Waals surface area contributed by atoms with Crippen molar-refractivity contribution in [3.63, 3.8) is 0 Å². The van der Waals surface area contributed by atoms with Gasteiger partial charge >= 0.3 is 0 Å². The van der Waals surface area contributed by atoms with Crippen LogP contribution in [0.15, 0.2) is 63.3 Å². The summed E-state index contributed by atoms with van der Waals surface area (Å²) in [6, 6.07) is 11.4. The lowest BCUT2D eigenvalue weighted by Gasteiger charge is -2.10. The van der Waals surface area contributed by atoms with Gasteiger partial charge in [0, 0.05) is 18.7 Å². The number of methoxy groups -OCH3 is 1. The molecule has 0 aliphatic carbocycles. The molecule has 0 amide bonds. The van der Waals surface area contributed by atoms with Crippen molar-refractivity contribution >= 4 is 31.6 Å². The Morgan fingerprint density at radius 1 is 0.852 bits per heavy atom. The van der Waals surface area contributed by atoms with Gasteiger partial charge in [-0.2, -0.15) is 0 Å². The van der Waals surface area contributed by atoms with Crippen molar-refractivity contribution in [3.8, 4) is 5.75 Å². The highest BCUT2D eigenvalue weighted by atomic mass is 32.2. The molecular formula is C17H19N3O5S2. The molecule has 1 aliphatic heterocycles. The van der Waals surface area contributed by atoms with Gasteiger partial charge in [-0.05, 0) is 55.0 Å². The van der Waals surface area contributed by atoms with Crippen molar-refractivity contribution in [2.24, 2.45) is 4.99 Å². The van der Waals surface area contributed by atoms with Crippen LogP contribution in [0, 0.1) is 0 Å². The lowest BCUT2D eigenvalue weighted by atomic mass is 10.3. The van der Waals surface area contributed by atoms with E-state index in [0.717, 1.165) is 6.42 Å². The normalized spacial score (nSPS) is 14.5. The van der Waals surface area contributed by atoms with Crippen molar-refractivity contribution in [1.29, 1.82) is 0 Å². The van der Waals surface area contributed by atoms with Crippen molar-refractivity contribution in [3.05, 3.63) is 48.5 Å². The zero-order valence-corrected chi connectivity index (χ0v) is 16.2. The average Bonchev–Trinajstić information content (AvgIpc) is 3.14. The van der Waals surface area contributed by atoms with Crippen LogP contribution >= 0.6 is 0 Å². The van der Waals surface area contributed by atoms with Gasteiger partial charge in [-0.3, -0.25) is 14.4 Å². The van der Waals surface area contributed by atoms with Crippen molar-refractivity contribution in [1.82, 2.24) is 4.72 Å². The number of hydrogen-bond donors (Lipinski definition) is 2. The second-order valence-electron chi connectivity index (χ2n) is 5.84. The zero-order valence-electron chi connectivity index (χ0n) is 14.5. The summed E-state index contributed by atoms with van der Waals surface area (Å²) >= 11 is 0. The van der Waals surface area contributed by atoms with Gasteiger partial charge in [0.1, 0.15) is 11.6 Å². The fourth-order valence-electron chi connectivity index (χ4n) is 2.51. The summed E-state index contributed by atoms with van der Waals surface area (Å²) in [6.45, 7) is 0.615. The first kappa shape index (κ1) is 19.2. The van der Waals surface area contributed by atoms with Crippen LogP contribution in [0.3, 0.4) is 0 Å². The van der Waals surface area contributed by atoms with Crippen molar-refractivity contribution in [2.75, 3.05) is 18.4 Å². The van der Waals surface area contributed by atoms with Gasteiger partial charge in [-0.1, -0.05) is 0 Å². The minimum Gasteiger partial charge on any atom is -0.497 e. The molecule has 0 atom stereocenters. The molecule has 0 saturated heterocycles. The Balaban J connectivity index is 1.74. The van der Waals surface area contributed by atoms with Gasteiger partial charge in [0.25, 0.3) is 20.0 Å². The maximum Gasteiger partial charge on any atom is 0.262 e. The Bertz CT molecular complexity index is 1040. The van der Waals surface area contributed by atoms with Crippen LogP contribution in [0.1, 0.15) is 12.8 Å². The number of aliphatic imine (C=N–C) groups is 1. The predicted molar refractivity (Wildman–Crippen MR) is 102 cm³/mol. The molecule has 0 fully saturated rings. The largest absolute Gasteiger partial charge is 0.497 e. The number of nitrogens with one attached hydrogen (secondary N) is 2. The van der Waals surface area contributed by atoms with Crippen LogP contribution in [0.4, 0.5) is 5.69 Å². The lowest BCUT2D eigenvalue weighted by Crippen LogP contribution is -2.29. The number of benzene rings is 2. The Morgan fingerprint density at radius 2 is 1.41 bits per heavy atom. The molecule has 27 heavy (non-hydrogen) atoms. The molecule has 1 aliphatic rings. The Kier molecular flexibility index (Phi) is 5.38. The standard InChI is InChI=1S/C17H19N3O5S2/c1-25-14-6-10-16(11-7-14)26(21,22)19-13-4-8-15(9-5-13)27(23,24)20-17-3-2-12-18-17/h4-11,19H,2-3,12H2,1H3,(H,18,20). The van der Waals surface area contributed by atoms with Crippen LogP contribution in [-0.4, -0.2) is 36.3 Å². The molecule has 0 bridgehead atoms. The number of nitrogens with zero attached hydrogens (tertiary/aromatic N) is 1. The highest BCUT2D eigenvalue weighted by Crippen LogP contribution is 2.20. The number of sulfonamides is 2. The highest BCUT2D eigenvalue weighted by Gasteiger charge is 2.19. The fourth-order valence-corrected chi connectivity index (χ4v) is 4.66. The third-order valence-corrected chi connectivity index (χ3v) is 6.71. The summed E-state index contributed by atoms with van der Waals surface area (Å²) in [6.07, 6.45) is 1.42. The molecule has 2 N–H and O–H groups in total. The van der Waals surface area contributed by atoms with E-state index >= 15 is 0 Å². The Labute approximate surface area is 158 Å². The average molecular weight is 409 g/mol. The number of hydrogen-bond acceptors (Lipinski definition) is 6. The third kappa shape index (κ3) is 4.58. The quantitative estimate of drug-likeness (QED) is 0.757. The first-order valence-corrected chi connectivity index (χ1v) is 11.1. The summed E-state index contributed by atoms with van der Waals surface area (Å²) in [4.78, 5) is 4.19. The predicted octanol–water partition coefficient (Wildman–Crippen LogP) is 1.97. The van der Waals surface area contributed by atoms with Crippen LogP contribution in [0.2, 0.25) is 0 Å². The molecule has 0 saturated carbocycles. The highest BCUT2D eigenvalue weighted by molar-refractivity contribution is 7.92. The summed E-state index contributed by atoms with van der Waals surface area (Å²) in [5, 5.41) is 0. The van der Waals surface area contributed by atoms with Crippen LogP contribution in [-0.2, 0) is 20.0 Å². The van der Waals surface area contributed by atoms with E-state index in [-0.39, 0.29) is 15.5 Å². The van der Waals surface area contributed by atoms with Crippen LogP contribution in [0.5, 0.6) is 5.75 Å². The minimum absolute atomic E-state index is 0.0319. The second-order valence-corrected chi connectivity index (χ2v) is 9.21. The monoisotopic (exact) mass is 409 g/mol. The molecule has 0 radical (unpaired) electrons. The van der Waals surface area contributed by atoms with E-state index in [9.17, 15) is 16.8 Å². The van der Waals surface area contributed by atoms with Gasteiger partial charge in [0.2, 0.25) is 0 Å². The molecule has 10 heteroatoms. The number of ether oxygens (including phenoxy) is 1. The minimum atomic E-state index is -3.80. The summed E-state index contributed by atoms with van der Waals surface area (Å²) in [5.74, 6) is 0.988. The molecule has 0 spiro atoms. The van der Waals surface area contributed by atoms with E-state index in [0.29, 0.717) is 24.6 Å². The van der Waals surface area contributed by atoms with Crippen molar-refractivity contribution < 1.29 is 21.6 Å². The summed E-state index contributed by atoms with van der Waals surface area (Å²) in [7, 11) is -6.04. The summed E-state index contributed by atoms with van der Waals surface area (Å²) < 4.78 is 59.3. The molecule has 144 valence electrons. The molecule has 2 aromatic rings. The molecule has 3 rings (SSSR count). The third-order valence-electron chi connectivity index (χ3n) is 3.91. The molecule has 8 nitrogen and oxygen atoms in total. The van der Waals surface area contributed by atoms with E-state index in [1.54, 1.807) is 12.1 Å². The fraction of sp³-hybridized carbons (Fsp3) is 0.235. The van der Waals surface area contributed by atoms with E-state index in [4.69, 9.17) is 4.74 Å². The van der Waals surface area contributed by atoms with E-state index in [1.165, 1.54) is 43.5 Å². The maximum absolute atomic E-state index is 12.4. The van der Waals surface area contributed by atoms with E-state index in [1.807, 2.05) is 0 Å². The molecule has 1 heterocycles. The maximum atomic E-state index is 12.4. The van der Waals surface area contributed by atoms with Crippen molar-refractivity contribution in [2.45, 2.75) is 22.6 Å². The zero-order chi connectivity index (χ0) is 19.5. The number of anilines is 1. The second kappa shape index (κ2) is 7.57. The molecule has 0 unspecified atom stereocenters. The Hall–Kier alpha value is -2.59. The van der Waals surface area contributed by atoms with Crippen LogP contribution < -0.4 is 14.2 Å². The SMILES string of the molecule is COc1ccc(S(=O)(=O)Nc2ccc(S(=O)(=O)NC3=NCCC3)cc2)cc1. The first-order valence-electron chi connectivity index (χ1n) is 8.13. The smallest absolute Gasteiger partial charge is 0.262 e. The Morgan fingerprint density at radius 3 is 1.93 bits per heavy atom. The van der Waals surface area contributed by atoms with Gasteiger partial charge in [-0.25, -0.2) is 16.8 Å². The van der Waals surface area contributed by atoms with E-state index < -0.39 is 20.0 Å². The number of amidine groups is 1. The topological polar surface area (TPSA) is 114 Å². The van der Waals surface area contributed by atoms with E-state index in [2.05, 4.69) is 14.4 Å². The van der Waals surface area contributed by atoms with Crippen LogP contribution in [0.25, 0.3) is 0 Å². The molecular weight excluding hydrogens is 390 g/mol. The van der Waals surface area contributed by atoms with Gasteiger partial charge in [0.05, 0.1) is 16.9 Å². The summed E-state index contributed by atoms with van der Waals surface area (Å²) in [5.41, 5.74) is 0.253.